The molecule has 0 atom stereocenters. The lowest BCUT2D eigenvalue weighted by Gasteiger charge is -2.03. The van der Waals surface area contributed by atoms with E-state index in [1.54, 1.807) is 7.11 Å². The van der Waals surface area contributed by atoms with Crippen molar-refractivity contribution in [2.24, 2.45) is 0 Å². The molecule has 0 aliphatic heterocycles. The molecule has 0 amide bonds. The van der Waals surface area contributed by atoms with Crippen molar-refractivity contribution in [2.75, 3.05) is 7.11 Å². The van der Waals surface area contributed by atoms with Crippen LogP contribution in [0.2, 0.25) is 0 Å². The first kappa shape index (κ1) is 12.4. The maximum absolute atomic E-state index is 5.31. The SMILES string of the molecule is COc1ccc2cc(-c3cccc4ccccc34)sc2c1. The summed E-state index contributed by atoms with van der Waals surface area (Å²) in [6.07, 6.45) is 0. The molecule has 3 aromatic carbocycles. The number of fused-ring (bicyclic) bond motifs is 2. The number of thiophene rings is 1. The van der Waals surface area contributed by atoms with E-state index in [1.807, 2.05) is 17.4 Å². The van der Waals surface area contributed by atoms with Gasteiger partial charge < -0.3 is 4.74 Å². The van der Waals surface area contributed by atoms with Gasteiger partial charge in [0.05, 0.1) is 7.11 Å². The number of rotatable bonds is 2. The van der Waals surface area contributed by atoms with E-state index in [0.29, 0.717) is 0 Å². The van der Waals surface area contributed by atoms with E-state index < -0.39 is 0 Å². The van der Waals surface area contributed by atoms with Crippen molar-refractivity contribution in [3.63, 3.8) is 0 Å². The fourth-order valence-electron chi connectivity index (χ4n) is 2.71. The quantitative estimate of drug-likeness (QED) is 0.458. The summed E-state index contributed by atoms with van der Waals surface area (Å²) in [6, 6.07) is 23.5. The van der Waals surface area contributed by atoms with Crippen LogP contribution < -0.4 is 4.74 Å². The van der Waals surface area contributed by atoms with Crippen LogP contribution in [0.25, 0.3) is 31.3 Å². The molecule has 4 rings (SSSR count). The molecule has 0 saturated carbocycles. The standard InChI is InChI=1S/C19H14OS/c1-20-15-10-9-14-11-19(21-18(14)12-15)17-8-4-6-13-5-2-3-7-16(13)17/h2-12H,1H3. The van der Waals surface area contributed by atoms with Crippen LogP contribution in [0.5, 0.6) is 5.75 Å². The van der Waals surface area contributed by atoms with Crippen LogP contribution in [0.1, 0.15) is 0 Å². The summed E-state index contributed by atoms with van der Waals surface area (Å²) in [7, 11) is 1.71. The molecular weight excluding hydrogens is 276 g/mol. The Kier molecular flexibility index (Phi) is 2.90. The van der Waals surface area contributed by atoms with Gasteiger partial charge in [-0.2, -0.15) is 0 Å². The first-order valence-corrected chi connectivity index (χ1v) is 7.72. The number of hydrogen-bond donors (Lipinski definition) is 0. The van der Waals surface area contributed by atoms with Crippen molar-refractivity contribution in [3.8, 4) is 16.2 Å². The Bertz CT molecular complexity index is 931. The molecule has 0 saturated heterocycles. The Hall–Kier alpha value is -2.32. The molecule has 102 valence electrons. The molecule has 4 aromatic rings. The van der Waals surface area contributed by atoms with Gasteiger partial charge in [-0.1, -0.05) is 42.5 Å². The van der Waals surface area contributed by atoms with Gasteiger partial charge in [-0.05, 0) is 46.0 Å². The van der Waals surface area contributed by atoms with E-state index in [0.717, 1.165) is 5.75 Å². The summed E-state index contributed by atoms with van der Waals surface area (Å²) in [4.78, 5) is 1.30. The Labute approximate surface area is 127 Å². The third kappa shape index (κ3) is 2.08. The van der Waals surface area contributed by atoms with Crippen LogP contribution in [-0.2, 0) is 0 Å². The summed E-state index contributed by atoms with van der Waals surface area (Å²) < 4.78 is 6.58. The summed E-state index contributed by atoms with van der Waals surface area (Å²) in [5, 5.41) is 3.85. The van der Waals surface area contributed by atoms with E-state index in [9.17, 15) is 0 Å². The molecule has 1 heterocycles. The van der Waals surface area contributed by atoms with E-state index >= 15 is 0 Å². The van der Waals surface area contributed by atoms with E-state index in [-0.39, 0.29) is 0 Å². The summed E-state index contributed by atoms with van der Waals surface area (Å²) in [5.74, 6) is 0.911. The van der Waals surface area contributed by atoms with Crippen LogP contribution >= 0.6 is 11.3 Å². The highest BCUT2D eigenvalue weighted by molar-refractivity contribution is 7.22. The fraction of sp³-hybridized carbons (Fsp3) is 0.0526. The van der Waals surface area contributed by atoms with Crippen LogP contribution in [0.15, 0.2) is 66.7 Å². The van der Waals surface area contributed by atoms with Crippen molar-refractivity contribution in [1.82, 2.24) is 0 Å². The summed E-state index contributed by atoms with van der Waals surface area (Å²) in [5.41, 5.74) is 1.30. The molecule has 0 radical (unpaired) electrons. The first-order valence-electron chi connectivity index (χ1n) is 6.91. The molecule has 2 heteroatoms. The van der Waals surface area contributed by atoms with Crippen LogP contribution in [0, 0.1) is 0 Å². The Morgan fingerprint density at radius 2 is 1.67 bits per heavy atom. The smallest absolute Gasteiger partial charge is 0.120 e. The summed E-state index contributed by atoms with van der Waals surface area (Å²) >= 11 is 1.81. The Morgan fingerprint density at radius 1 is 0.810 bits per heavy atom. The maximum Gasteiger partial charge on any atom is 0.120 e. The van der Waals surface area contributed by atoms with Crippen LogP contribution in [-0.4, -0.2) is 7.11 Å². The molecule has 0 N–H and O–H groups in total. The number of hydrogen-bond acceptors (Lipinski definition) is 2. The number of benzene rings is 3. The van der Waals surface area contributed by atoms with Crippen molar-refractivity contribution < 1.29 is 4.74 Å². The highest BCUT2D eigenvalue weighted by Crippen LogP contribution is 2.38. The third-order valence-corrected chi connectivity index (χ3v) is 4.91. The Morgan fingerprint density at radius 3 is 2.57 bits per heavy atom. The minimum atomic E-state index is 0.911. The molecule has 1 aromatic heterocycles. The van der Waals surface area contributed by atoms with Crippen molar-refractivity contribution in [1.29, 1.82) is 0 Å². The molecule has 0 bridgehead atoms. The predicted octanol–water partition coefficient (Wildman–Crippen LogP) is 5.73. The number of ether oxygens (including phenoxy) is 1. The lowest BCUT2D eigenvalue weighted by Crippen LogP contribution is -1.79. The third-order valence-electron chi connectivity index (χ3n) is 3.78. The first-order chi connectivity index (χ1) is 10.3. The zero-order valence-corrected chi connectivity index (χ0v) is 12.5. The highest BCUT2D eigenvalue weighted by Gasteiger charge is 2.08. The van der Waals surface area contributed by atoms with Crippen molar-refractivity contribution >= 4 is 32.2 Å². The van der Waals surface area contributed by atoms with Gasteiger partial charge >= 0.3 is 0 Å². The molecular formula is C19H14OS. The summed E-state index contributed by atoms with van der Waals surface area (Å²) in [6.45, 7) is 0. The lowest BCUT2D eigenvalue weighted by molar-refractivity contribution is 0.415. The topological polar surface area (TPSA) is 9.23 Å². The van der Waals surface area contributed by atoms with E-state index in [2.05, 4.69) is 60.7 Å². The van der Waals surface area contributed by atoms with Crippen LogP contribution in [0.4, 0.5) is 0 Å². The van der Waals surface area contributed by atoms with Gasteiger partial charge in [-0.15, -0.1) is 11.3 Å². The molecule has 0 spiro atoms. The molecule has 0 aliphatic carbocycles. The van der Waals surface area contributed by atoms with Gasteiger partial charge in [-0.25, -0.2) is 0 Å². The normalized spacial score (nSPS) is 11.1. The highest BCUT2D eigenvalue weighted by atomic mass is 32.1. The number of methoxy groups -OCH3 is 1. The van der Waals surface area contributed by atoms with Crippen molar-refractivity contribution in [2.45, 2.75) is 0 Å². The van der Waals surface area contributed by atoms with Gasteiger partial charge in [-0.3, -0.25) is 0 Å². The second-order valence-electron chi connectivity index (χ2n) is 5.04. The monoisotopic (exact) mass is 290 g/mol. The average molecular weight is 290 g/mol. The minimum Gasteiger partial charge on any atom is -0.497 e. The van der Waals surface area contributed by atoms with E-state index in [4.69, 9.17) is 4.74 Å². The molecule has 1 nitrogen and oxygen atoms in total. The molecule has 0 unspecified atom stereocenters. The fourth-order valence-corrected chi connectivity index (χ4v) is 3.84. The Balaban J connectivity index is 1.96. The van der Waals surface area contributed by atoms with Crippen LogP contribution in [0.3, 0.4) is 0 Å². The largest absolute Gasteiger partial charge is 0.497 e. The van der Waals surface area contributed by atoms with Gasteiger partial charge in [0.2, 0.25) is 0 Å². The molecule has 0 aliphatic rings. The molecule has 21 heavy (non-hydrogen) atoms. The van der Waals surface area contributed by atoms with Gasteiger partial charge in [0.1, 0.15) is 5.75 Å². The van der Waals surface area contributed by atoms with E-state index in [1.165, 1.54) is 31.3 Å². The second-order valence-corrected chi connectivity index (χ2v) is 6.12. The maximum atomic E-state index is 5.31. The zero-order chi connectivity index (χ0) is 14.2. The average Bonchev–Trinajstić information content (AvgIpc) is 2.97. The van der Waals surface area contributed by atoms with Gasteiger partial charge in [0, 0.05) is 9.58 Å². The van der Waals surface area contributed by atoms with Gasteiger partial charge in [0.25, 0.3) is 0 Å². The zero-order valence-electron chi connectivity index (χ0n) is 11.7. The lowest BCUT2D eigenvalue weighted by atomic mass is 10.0. The minimum absolute atomic E-state index is 0.911. The molecule has 0 fully saturated rings. The second kappa shape index (κ2) is 4.90. The predicted molar refractivity (Wildman–Crippen MR) is 91.3 cm³/mol. The van der Waals surface area contributed by atoms with Crippen molar-refractivity contribution in [3.05, 3.63) is 66.7 Å². The van der Waals surface area contributed by atoms with Gasteiger partial charge in [0.15, 0.2) is 0 Å².